The molecule has 2 aromatic heterocycles. The van der Waals surface area contributed by atoms with Gasteiger partial charge in [0.1, 0.15) is 11.8 Å². The molecular weight excluding hydrogens is 488 g/mol. The number of hydrogen-bond acceptors (Lipinski definition) is 3. The van der Waals surface area contributed by atoms with Gasteiger partial charge in [-0.05, 0) is 54.3 Å². The lowest BCUT2D eigenvalue weighted by atomic mass is 9.86. The summed E-state index contributed by atoms with van der Waals surface area (Å²) in [5.41, 5.74) is 7.48. The molecule has 1 fully saturated rings. The molecule has 4 heterocycles. The highest BCUT2D eigenvalue weighted by atomic mass is 16.5. The van der Waals surface area contributed by atoms with Gasteiger partial charge in [-0.15, -0.1) is 0 Å². The van der Waals surface area contributed by atoms with E-state index in [0.717, 1.165) is 55.5 Å². The number of nitrogens with zero attached hydrogens (tertiary/aromatic N) is 2. The van der Waals surface area contributed by atoms with Crippen molar-refractivity contribution in [2.24, 2.45) is 0 Å². The normalized spacial score (nSPS) is 19.0. The van der Waals surface area contributed by atoms with E-state index in [1.807, 2.05) is 41.4 Å². The molecule has 0 spiro atoms. The molecule has 7 heteroatoms. The van der Waals surface area contributed by atoms with Crippen LogP contribution in [0.15, 0.2) is 72.9 Å². The standard InChI is InChI=1S/C32H30N4O3/c1-19-7-9-20(10-8-19)31-30-25(23-5-3-4-6-27(23)34-30)16-28-32(38)35(18-29(37)36(28)31)14-13-21-17-33-26-12-11-22(39-2)15-24(21)26/h3-12,15,17,28,31,33-34H,13-14,16,18H2,1-2H3/t28?,31-/m1/s1. The number of carbonyl (C=O) groups excluding carboxylic acids is 2. The molecule has 196 valence electrons. The number of para-hydroxylation sites is 1. The molecule has 39 heavy (non-hydrogen) atoms. The number of aromatic nitrogens is 2. The number of carbonyl (C=O) groups is 2. The van der Waals surface area contributed by atoms with Crippen LogP contribution in [0.5, 0.6) is 5.75 Å². The SMILES string of the molecule is COc1ccc2[nH]cc(CCN3CC(=O)N4C(Cc5c([nH]c6ccccc56)[C@H]4c4ccc(C)cc4)C3=O)c2c1. The van der Waals surface area contributed by atoms with Gasteiger partial charge < -0.3 is 24.5 Å². The van der Waals surface area contributed by atoms with E-state index in [-0.39, 0.29) is 24.4 Å². The summed E-state index contributed by atoms with van der Waals surface area (Å²) < 4.78 is 5.41. The van der Waals surface area contributed by atoms with Gasteiger partial charge in [0.2, 0.25) is 11.8 Å². The summed E-state index contributed by atoms with van der Waals surface area (Å²) in [7, 11) is 1.66. The van der Waals surface area contributed by atoms with E-state index in [4.69, 9.17) is 4.74 Å². The molecule has 1 saturated heterocycles. The van der Waals surface area contributed by atoms with Gasteiger partial charge in [0.15, 0.2) is 0 Å². The summed E-state index contributed by atoms with van der Waals surface area (Å²) >= 11 is 0. The Balaban J connectivity index is 1.23. The maximum absolute atomic E-state index is 14.0. The Bertz CT molecular complexity index is 1730. The van der Waals surface area contributed by atoms with Gasteiger partial charge in [-0.1, -0.05) is 48.0 Å². The molecule has 0 saturated carbocycles. The average Bonchev–Trinajstić information content (AvgIpc) is 3.54. The van der Waals surface area contributed by atoms with Crippen LogP contribution >= 0.6 is 0 Å². The van der Waals surface area contributed by atoms with Crippen LogP contribution in [0.3, 0.4) is 0 Å². The highest BCUT2D eigenvalue weighted by Crippen LogP contribution is 2.42. The van der Waals surface area contributed by atoms with E-state index in [1.54, 1.807) is 12.0 Å². The fourth-order valence-corrected chi connectivity index (χ4v) is 6.35. The molecule has 0 bridgehead atoms. The Morgan fingerprint density at radius 2 is 1.79 bits per heavy atom. The lowest BCUT2D eigenvalue weighted by molar-refractivity contribution is -0.158. The number of rotatable bonds is 5. The molecular formula is C32H30N4O3. The molecule has 2 N–H and O–H groups in total. The van der Waals surface area contributed by atoms with Crippen LogP contribution in [0, 0.1) is 6.92 Å². The number of aromatic amines is 2. The van der Waals surface area contributed by atoms with Crippen molar-refractivity contribution in [3.63, 3.8) is 0 Å². The number of fused-ring (bicyclic) bond motifs is 5. The first-order chi connectivity index (χ1) is 19.0. The lowest BCUT2D eigenvalue weighted by Gasteiger charge is -2.47. The summed E-state index contributed by atoms with van der Waals surface area (Å²) in [6.07, 6.45) is 3.14. The summed E-state index contributed by atoms with van der Waals surface area (Å²) in [6.45, 7) is 2.62. The summed E-state index contributed by atoms with van der Waals surface area (Å²) in [5.74, 6) is 0.789. The molecule has 7 rings (SSSR count). The number of methoxy groups -OCH3 is 1. The first kappa shape index (κ1) is 23.6. The quantitative estimate of drug-likeness (QED) is 0.348. The molecule has 2 aliphatic rings. The van der Waals surface area contributed by atoms with Gasteiger partial charge in [0.25, 0.3) is 0 Å². The van der Waals surface area contributed by atoms with E-state index >= 15 is 0 Å². The predicted molar refractivity (Wildman–Crippen MR) is 151 cm³/mol. The van der Waals surface area contributed by atoms with Crippen molar-refractivity contribution in [3.8, 4) is 5.75 Å². The largest absolute Gasteiger partial charge is 0.497 e. The Labute approximate surface area is 226 Å². The number of piperazine rings is 1. The van der Waals surface area contributed by atoms with E-state index in [0.29, 0.717) is 19.4 Å². The van der Waals surface area contributed by atoms with Crippen molar-refractivity contribution in [2.45, 2.75) is 31.8 Å². The maximum Gasteiger partial charge on any atom is 0.246 e. The molecule has 2 aliphatic heterocycles. The van der Waals surface area contributed by atoms with Crippen molar-refractivity contribution >= 4 is 33.6 Å². The second-order valence-corrected chi connectivity index (χ2v) is 10.6. The van der Waals surface area contributed by atoms with E-state index in [2.05, 4.69) is 53.3 Å². The minimum atomic E-state index is -0.535. The number of ether oxygens (including phenoxy) is 1. The van der Waals surface area contributed by atoms with E-state index in [9.17, 15) is 9.59 Å². The number of aryl methyl sites for hydroxylation is 1. The van der Waals surface area contributed by atoms with Gasteiger partial charge in [0.05, 0.1) is 19.7 Å². The van der Waals surface area contributed by atoms with Crippen LogP contribution in [0.25, 0.3) is 21.8 Å². The van der Waals surface area contributed by atoms with Gasteiger partial charge >= 0.3 is 0 Å². The molecule has 0 radical (unpaired) electrons. The number of benzene rings is 3. The van der Waals surface area contributed by atoms with Gasteiger partial charge in [0, 0.05) is 46.7 Å². The minimum Gasteiger partial charge on any atom is -0.497 e. The molecule has 2 atom stereocenters. The van der Waals surface area contributed by atoms with Crippen molar-refractivity contribution in [2.75, 3.05) is 20.2 Å². The van der Waals surface area contributed by atoms with E-state index < -0.39 is 6.04 Å². The zero-order chi connectivity index (χ0) is 26.7. The third-order valence-electron chi connectivity index (χ3n) is 8.36. The van der Waals surface area contributed by atoms with Gasteiger partial charge in [-0.25, -0.2) is 0 Å². The summed E-state index contributed by atoms with van der Waals surface area (Å²) in [5, 5.41) is 2.20. The van der Waals surface area contributed by atoms with E-state index in [1.165, 1.54) is 0 Å². The first-order valence-corrected chi connectivity index (χ1v) is 13.4. The van der Waals surface area contributed by atoms with Gasteiger partial charge in [-0.3, -0.25) is 9.59 Å². The van der Waals surface area contributed by atoms with Crippen molar-refractivity contribution < 1.29 is 14.3 Å². The van der Waals surface area contributed by atoms with Crippen molar-refractivity contribution in [3.05, 3.63) is 101 Å². The zero-order valence-corrected chi connectivity index (χ0v) is 22.0. The third kappa shape index (κ3) is 3.80. The van der Waals surface area contributed by atoms with Gasteiger partial charge in [-0.2, -0.15) is 0 Å². The second-order valence-electron chi connectivity index (χ2n) is 10.6. The minimum absolute atomic E-state index is 0.0139. The maximum atomic E-state index is 14.0. The van der Waals surface area contributed by atoms with Crippen LogP contribution in [-0.4, -0.2) is 57.8 Å². The van der Waals surface area contributed by atoms with Crippen LogP contribution in [0.2, 0.25) is 0 Å². The zero-order valence-electron chi connectivity index (χ0n) is 22.0. The Morgan fingerprint density at radius 1 is 0.974 bits per heavy atom. The highest BCUT2D eigenvalue weighted by Gasteiger charge is 2.48. The number of amides is 2. The van der Waals surface area contributed by atoms with Crippen molar-refractivity contribution in [1.82, 2.24) is 19.8 Å². The lowest BCUT2D eigenvalue weighted by Crippen LogP contribution is -2.63. The third-order valence-corrected chi connectivity index (χ3v) is 8.36. The average molecular weight is 519 g/mol. The van der Waals surface area contributed by atoms with Crippen molar-refractivity contribution in [1.29, 1.82) is 0 Å². The molecule has 1 unspecified atom stereocenters. The highest BCUT2D eigenvalue weighted by molar-refractivity contribution is 5.97. The first-order valence-electron chi connectivity index (χ1n) is 13.4. The molecule has 7 nitrogen and oxygen atoms in total. The monoisotopic (exact) mass is 518 g/mol. The fraction of sp³-hybridized carbons (Fsp3) is 0.250. The summed E-state index contributed by atoms with van der Waals surface area (Å²) in [4.78, 5) is 38.3. The Kier molecular flexibility index (Phi) is 5.47. The summed E-state index contributed by atoms with van der Waals surface area (Å²) in [6, 6.07) is 21.6. The number of hydrogen-bond donors (Lipinski definition) is 2. The predicted octanol–water partition coefficient (Wildman–Crippen LogP) is 4.89. The van der Waals surface area contributed by atoms with Crippen LogP contribution in [-0.2, 0) is 22.4 Å². The Hall–Kier alpha value is -4.52. The fourth-order valence-electron chi connectivity index (χ4n) is 6.35. The van der Waals surface area contributed by atoms with Crippen LogP contribution < -0.4 is 4.74 Å². The molecule has 0 aliphatic carbocycles. The number of H-pyrrole nitrogens is 2. The topological polar surface area (TPSA) is 81.4 Å². The second kappa shape index (κ2) is 9.05. The Morgan fingerprint density at radius 3 is 2.62 bits per heavy atom. The van der Waals surface area contributed by atoms with Crippen LogP contribution in [0.1, 0.15) is 34.0 Å². The van der Waals surface area contributed by atoms with Crippen LogP contribution in [0.4, 0.5) is 0 Å². The number of nitrogens with one attached hydrogen (secondary N) is 2. The molecule has 5 aromatic rings. The molecule has 3 aromatic carbocycles. The molecule has 2 amide bonds. The smallest absolute Gasteiger partial charge is 0.246 e.